The molecule has 0 aliphatic rings. The van der Waals surface area contributed by atoms with E-state index in [9.17, 15) is 9.90 Å². The first-order valence-electron chi connectivity index (χ1n) is 8.29. The summed E-state index contributed by atoms with van der Waals surface area (Å²) in [6.45, 7) is 1.96. The van der Waals surface area contributed by atoms with E-state index in [2.05, 4.69) is 10.3 Å². The quantitative estimate of drug-likeness (QED) is 0.456. The van der Waals surface area contributed by atoms with Crippen LogP contribution in [0.2, 0.25) is 5.02 Å². The van der Waals surface area contributed by atoms with Gasteiger partial charge in [-0.3, -0.25) is 10.1 Å². The Balaban J connectivity index is 1.68. The summed E-state index contributed by atoms with van der Waals surface area (Å²) in [5, 5.41) is 15.4. The Bertz CT molecular complexity index is 1160. The average molecular weight is 395 g/mol. The maximum Gasteiger partial charge on any atom is 0.261 e. The van der Waals surface area contributed by atoms with Gasteiger partial charge in [-0.25, -0.2) is 4.98 Å². The zero-order valence-corrected chi connectivity index (χ0v) is 15.9. The molecule has 0 aliphatic carbocycles. The molecule has 1 amide bonds. The number of hydrogen-bond acceptors (Lipinski definition) is 4. The van der Waals surface area contributed by atoms with Crippen molar-refractivity contribution in [2.24, 2.45) is 0 Å². The van der Waals surface area contributed by atoms with Crippen LogP contribution < -0.4 is 5.32 Å². The number of benzene rings is 3. The number of nitrogens with one attached hydrogen (secondary N) is 1. The number of carbonyl (C=O) groups is 1. The number of anilines is 1. The molecule has 0 fully saturated rings. The zero-order valence-electron chi connectivity index (χ0n) is 14.4. The first-order chi connectivity index (χ1) is 13.0. The number of amides is 1. The lowest BCUT2D eigenvalue weighted by Gasteiger charge is -2.09. The number of phenols is 1. The van der Waals surface area contributed by atoms with Gasteiger partial charge in [0.1, 0.15) is 5.75 Å². The number of aromatic nitrogens is 1. The minimum atomic E-state index is -0.450. The van der Waals surface area contributed by atoms with Crippen molar-refractivity contribution < 1.29 is 9.90 Å². The predicted molar refractivity (Wildman–Crippen MR) is 111 cm³/mol. The topological polar surface area (TPSA) is 62.2 Å². The molecule has 0 saturated carbocycles. The Morgan fingerprint density at radius 3 is 2.48 bits per heavy atom. The van der Waals surface area contributed by atoms with Gasteiger partial charge in [0.05, 0.1) is 11.3 Å². The molecule has 0 saturated heterocycles. The molecule has 2 N–H and O–H groups in total. The van der Waals surface area contributed by atoms with Crippen LogP contribution in [0, 0.1) is 6.92 Å². The molecule has 1 heterocycles. The Hall–Kier alpha value is -2.89. The third-order valence-corrected chi connectivity index (χ3v) is 5.47. The molecule has 27 heavy (non-hydrogen) atoms. The normalized spacial score (nSPS) is 10.9. The second-order valence-corrected chi connectivity index (χ2v) is 7.65. The van der Waals surface area contributed by atoms with E-state index < -0.39 is 5.91 Å². The van der Waals surface area contributed by atoms with Gasteiger partial charge in [-0.15, -0.1) is 11.3 Å². The highest BCUT2D eigenvalue weighted by Gasteiger charge is 2.18. The number of hydrogen-bond donors (Lipinski definition) is 2. The molecule has 134 valence electrons. The Morgan fingerprint density at radius 1 is 1.07 bits per heavy atom. The maximum absolute atomic E-state index is 12.7. The Kier molecular flexibility index (Phi) is 4.56. The second kappa shape index (κ2) is 7.02. The molecule has 1 aromatic heterocycles. The molecule has 4 nitrogen and oxygen atoms in total. The lowest BCUT2D eigenvalue weighted by Crippen LogP contribution is -2.12. The highest BCUT2D eigenvalue weighted by atomic mass is 35.5. The van der Waals surface area contributed by atoms with Gasteiger partial charge in [0.15, 0.2) is 5.13 Å². The summed E-state index contributed by atoms with van der Waals surface area (Å²) in [7, 11) is 0. The summed E-state index contributed by atoms with van der Waals surface area (Å²) in [5.74, 6) is -0.544. The van der Waals surface area contributed by atoms with Crippen LogP contribution >= 0.6 is 22.9 Å². The third kappa shape index (κ3) is 3.27. The molecule has 0 radical (unpaired) electrons. The molecule has 6 heteroatoms. The van der Waals surface area contributed by atoms with Crippen molar-refractivity contribution in [3.8, 4) is 17.0 Å². The van der Waals surface area contributed by atoms with Crippen molar-refractivity contribution in [3.63, 3.8) is 0 Å². The predicted octanol–water partition coefficient (Wildman–Crippen LogP) is 5.88. The van der Waals surface area contributed by atoms with E-state index in [0.717, 1.165) is 16.1 Å². The molecule has 0 aliphatic heterocycles. The number of aryl methyl sites for hydroxylation is 1. The van der Waals surface area contributed by atoms with Crippen molar-refractivity contribution >= 4 is 44.7 Å². The van der Waals surface area contributed by atoms with E-state index in [1.807, 2.05) is 43.3 Å². The summed E-state index contributed by atoms with van der Waals surface area (Å²) in [4.78, 5) is 18.3. The molecule has 0 atom stereocenters. The van der Waals surface area contributed by atoms with Crippen molar-refractivity contribution in [1.82, 2.24) is 4.98 Å². The Labute approximate surface area is 165 Å². The van der Waals surface area contributed by atoms with Gasteiger partial charge >= 0.3 is 0 Å². The number of aromatic hydroxyl groups is 1. The van der Waals surface area contributed by atoms with E-state index in [-0.39, 0.29) is 11.3 Å². The first-order valence-corrected chi connectivity index (χ1v) is 9.48. The summed E-state index contributed by atoms with van der Waals surface area (Å²) in [6, 6.07) is 18.4. The third-order valence-electron chi connectivity index (χ3n) is 4.27. The summed E-state index contributed by atoms with van der Waals surface area (Å²) >= 11 is 7.67. The fraction of sp³-hybridized carbons (Fsp3) is 0.0476. The SMILES string of the molecule is Cc1sc(NC(=O)c2cc(Cl)c3ccccc3c2O)nc1-c1ccccc1. The van der Waals surface area contributed by atoms with Gasteiger partial charge < -0.3 is 5.11 Å². The van der Waals surface area contributed by atoms with Crippen molar-refractivity contribution in [2.75, 3.05) is 5.32 Å². The van der Waals surface area contributed by atoms with Crippen LogP contribution in [-0.2, 0) is 0 Å². The number of fused-ring (bicyclic) bond motifs is 1. The van der Waals surface area contributed by atoms with E-state index in [1.165, 1.54) is 17.4 Å². The second-order valence-electron chi connectivity index (χ2n) is 6.04. The van der Waals surface area contributed by atoms with Crippen LogP contribution in [0.3, 0.4) is 0 Å². The number of thiazole rings is 1. The minimum absolute atomic E-state index is 0.0935. The highest BCUT2D eigenvalue weighted by molar-refractivity contribution is 7.16. The number of carbonyl (C=O) groups excluding carboxylic acids is 1. The van der Waals surface area contributed by atoms with E-state index in [4.69, 9.17) is 11.6 Å². The van der Waals surface area contributed by atoms with Crippen molar-refractivity contribution in [2.45, 2.75) is 6.92 Å². The highest BCUT2D eigenvalue weighted by Crippen LogP contribution is 2.35. The largest absolute Gasteiger partial charge is 0.506 e. The molecule has 4 aromatic rings. The lowest BCUT2D eigenvalue weighted by molar-refractivity contribution is 0.102. The van der Waals surface area contributed by atoms with Crippen LogP contribution in [-0.4, -0.2) is 16.0 Å². The monoisotopic (exact) mass is 394 g/mol. The summed E-state index contributed by atoms with van der Waals surface area (Å²) < 4.78 is 0. The smallest absolute Gasteiger partial charge is 0.261 e. The van der Waals surface area contributed by atoms with Gasteiger partial charge in [-0.05, 0) is 13.0 Å². The van der Waals surface area contributed by atoms with Crippen molar-refractivity contribution in [3.05, 3.63) is 76.1 Å². The molecule has 4 rings (SSSR count). The number of phenolic OH excluding ortho intramolecular Hbond substituents is 1. The number of nitrogens with zero attached hydrogens (tertiary/aromatic N) is 1. The Morgan fingerprint density at radius 2 is 1.74 bits per heavy atom. The van der Waals surface area contributed by atoms with E-state index in [0.29, 0.717) is 20.9 Å². The van der Waals surface area contributed by atoms with Gasteiger partial charge in [0, 0.05) is 26.2 Å². The molecule has 3 aromatic carbocycles. The lowest BCUT2D eigenvalue weighted by atomic mass is 10.0. The number of halogens is 1. The van der Waals surface area contributed by atoms with Gasteiger partial charge in [-0.2, -0.15) is 0 Å². The molecule has 0 spiro atoms. The summed E-state index contributed by atoms with van der Waals surface area (Å²) in [5.41, 5.74) is 1.94. The van der Waals surface area contributed by atoms with E-state index in [1.54, 1.807) is 18.2 Å². The molecular weight excluding hydrogens is 380 g/mol. The van der Waals surface area contributed by atoms with Gasteiger partial charge in [0.2, 0.25) is 0 Å². The standard InChI is InChI=1S/C21H15ClN2O2S/c1-12-18(13-7-3-2-4-8-13)23-21(27-12)24-20(26)16-11-17(22)14-9-5-6-10-15(14)19(16)25/h2-11,25H,1H3,(H,23,24,26). The van der Waals surface area contributed by atoms with E-state index >= 15 is 0 Å². The molecule has 0 unspecified atom stereocenters. The molecule has 0 bridgehead atoms. The first kappa shape index (κ1) is 17.5. The fourth-order valence-corrected chi connectivity index (χ4v) is 4.07. The number of rotatable bonds is 3. The minimum Gasteiger partial charge on any atom is -0.506 e. The van der Waals surface area contributed by atoms with Crippen LogP contribution in [0.5, 0.6) is 5.75 Å². The van der Waals surface area contributed by atoms with Gasteiger partial charge in [-0.1, -0.05) is 66.2 Å². The van der Waals surface area contributed by atoms with Crippen LogP contribution in [0.15, 0.2) is 60.7 Å². The fourth-order valence-electron chi connectivity index (χ4n) is 2.97. The van der Waals surface area contributed by atoms with Gasteiger partial charge in [0.25, 0.3) is 5.91 Å². The average Bonchev–Trinajstić information content (AvgIpc) is 3.05. The van der Waals surface area contributed by atoms with Crippen LogP contribution in [0.25, 0.3) is 22.0 Å². The molecular formula is C21H15ClN2O2S. The summed E-state index contributed by atoms with van der Waals surface area (Å²) in [6.07, 6.45) is 0. The van der Waals surface area contributed by atoms with Crippen molar-refractivity contribution in [1.29, 1.82) is 0 Å². The van der Waals surface area contributed by atoms with Crippen LogP contribution in [0.4, 0.5) is 5.13 Å². The zero-order chi connectivity index (χ0) is 19.0. The van der Waals surface area contributed by atoms with Crippen LogP contribution in [0.1, 0.15) is 15.2 Å². The maximum atomic E-state index is 12.7.